The quantitative estimate of drug-likeness (QED) is 0.818. The molecular formula is C15H19N5O2. The zero-order valence-electron chi connectivity index (χ0n) is 12.6. The molecule has 0 N–H and O–H groups in total. The van der Waals surface area contributed by atoms with Gasteiger partial charge in [0.1, 0.15) is 5.69 Å². The SMILES string of the molecule is COCc1cn([C@H]2CCN(C(=O)Cc3cccnc3)C2)nn1. The van der Waals surface area contributed by atoms with Crippen molar-refractivity contribution in [3.05, 3.63) is 42.0 Å². The van der Waals surface area contributed by atoms with Gasteiger partial charge in [0.05, 0.1) is 25.3 Å². The van der Waals surface area contributed by atoms with Crippen LogP contribution in [0.5, 0.6) is 0 Å². The molecule has 0 unspecified atom stereocenters. The molecule has 1 amide bonds. The number of aromatic nitrogens is 4. The van der Waals surface area contributed by atoms with Gasteiger partial charge in [-0.05, 0) is 18.1 Å². The van der Waals surface area contributed by atoms with E-state index in [1.165, 1.54) is 0 Å². The van der Waals surface area contributed by atoms with Gasteiger partial charge in [0.25, 0.3) is 0 Å². The maximum Gasteiger partial charge on any atom is 0.227 e. The first-order valence-corrected chi connectivity index (χ1v) is 7.32. The third kappa shape index (κ3) is 3.30. The van der Waals surface area contributed by atoms with Crippen LogP contribution in [0.3, 0.4) is 0 Å². The molecule has 3 rings (SSSR count). The summed E-state index contributed by atoms with van der Waals surface area (Å²) in [6.07, 6.45) is 6.63. The smallest absolute Gasteiger partial charge is 0.227 e. The molecule has 0 spiro atoms. The molecule has 0 aromatic carbocycles. The molecule has 3 heterocycles. The van der Waals surface area contributed by atoms with Crippen molar-refractivity contribution in [3.8, 4) is 0 Å². The molecule has 0 bridgehead atoms. The number of likely N-dealkylation sites (tertiary alicyclic amines) is 1. The molecule has 2 aromatic rings. The highest BCUT2D eigenvalue weighted by Gasteiger charge is 2.28. The molecule has 7 nitrogen and oxygen atoms in total. The van der Waals surface area contributed by atoms with Crippen molar-refractivity contribution < 1.29 is 9.53 Å². The normalized spacial score (nSPS) is 17.9. The van der Waals surface area contributed by atoms with E-state index >= 15 is 0 Å². The molecule has 0 radical (unpaired) electrons. The van der Waals surface area contributed by atoms with Gasteiger partial charge >= 0.3 is 0 Å². The van der Waals surface area contributed by atoms with Crippen LogP contribution in [0, 0.1) is 0 Å². The minimum atomic E-state index is 0.132. The molecular weight excluding hydrogens is 282 g/mol. The Kier molecular flexibility index (Phi) is 4.43. The monoisotopic (exact) mass is 301 g/mol. The number of rotatable bonds is 5. The lowest BCUT2D eigenvalue weighted by Crippen LogP contribution is -2.30. The molecule has 1 atom stereocenters. The van der Waals surface area contributed by atoms with Crippen molar-refractivity contribution >= 4 is 5.91 Å². The lowest BCUT2D eigenvalue weighted by atomic mass is 10.2. The number of carbonyl (C=O) groups excluding carboxylic acids is 1. The summed E-state index contributed by atoms with van der Waals surface area (Å²) in [5, 5.41) is 8.20. The number of methoxy groups -OCH3 is 1. The number of nitrogens with zero attached hydrogens (tertiary/aromatic N) is 5. The molecule has 1 fully saturated rings. The molecule has 1 aliphatic rings. The highest BCUT2D eigenvalue weighted by molar-refractivity contribution is 5.79. The minimum Gasteiger partial charge on any atom is -0.378 e. The fraction of sp³-hybridized carbons (Fsp3) is 0.467. The van der Waals surface area contributed by atoms with E-state index in [1.54, 1.807) is 19.5 Å². The van der Waals surface area contributed by atoms with Gasteiger partial charge in [0.2, 0.25) is 5.91 Å². The molecule has 7 heteroatoms. The Morgan fingerprint density at radius 3 is 3.18 bits per heavy atom. The Hall–Kier alpha value is -2.28. The summed E-state index contributed by atoms with van der Waals surface area (Å²) < 4.78 is 6.88. The molecule has 1 aliphatic heterocycles. The fourth-order valence-electron chi connectivity index (χ4n) is 2.68. The van der Waals surface area contributed by atoms with Crippen LogP contribution < -0.4 is 0 Å². The predicted molar refractivity (Wildman–Crippen MR) is 78.9 cm³/mol. The van der Waals surface area contributed by atoms with Crippen molar-refractivity contribution in [3.63, 3.8) is 0 Å². The Bertz CT molecular complexity index is 628. The van der Waals surface area contributed by atoms with Crippen molar-refractivity contribution in [2.24, 2.45) is 0 Å². The summed E-state index contributed by atoms with van der Waals surface area (Å²) in [5.41, 5.74) is 1.75. The summed E-state index contributed by atoms with van der Waals surface area (Å²) in [7, 11) is 1.63. The maximum atomic E-state index is 12.3. The third-order valence-electron chi connectivity index (χ3n) is 3.82. The third-order valence-corrected chi connectivity index (χ3v) is 3.82. The van der Waals surface area contributed by atoms with Gasteiger partial charge in [-0.25, -0.2) is 4.68 Å². The Morgan fingerprint density at radius 1 is 1.50 bits per heavy atom. The molecule has 22 heavy (non-hydrogen) atoms. The summed E-state index contributed by atoms with van der Waals surface area (Å²) in [4.78, 5) is 18.3. The van der Waals surface area contributed by atoms with E-state index < -0.39 is 0 Å². The first-order chi connectivity index (χ1) is 10.8. The van der Waals surface area contributed by atoms with Crippen LogP contribution in [-0.2, 0) is 22.6 Å². The molecule has 1 saturated heterocycles. The van der Waals surface area contributed by atoms with E-state index in [4.69, 9.17) is 4.74 Å². The summed E-state index contributed by atoms with van der Waals surface area (Å²) in [5.74, 6) is 0.132. The van der Waals surface area contributed by atoms with Gasteiger partial charge in [-0.3, -0.25) is 9.78 Å². The van der Waals surface area contributed by atoms with Gasteiger partial charge in [-0.2, -0.15) is 0 Å². The van der Waals surface area contributed by atoms with Gasteiger partial charge in [0, 0.05) is 32.6 Å². The van der Waals surface area contributed by atoms with Crippen molar-refractivity contribution in [1.29, 1.82) is 0 Å². The Balaban J connectivity index is 1.58. The van der Waals surface area contributed by atoms with Crippen LogP contribution in [0.1, 0.15) is 23.7 Å². The first-order valence-electron chi connectivity index (χ1n) is 7.32. The van der Waals surface area contributed by atoms with Crippen molar-refractivity contribution in [2.45, 2.75) is 25.5 Å². The second-order valence-electron chi connectivity index (χ2n) is 5.44. The van der Waals surface area contributed by atoms with E-state index in [0.717, 1.165) is 24.2 Å². The lowest BCUT2D eigenvalue weighted by molar-refractivity contribution is -0.129. The number of hydrogen-bond donors (Lipinski definition) is 0. The van der Waals surface area contributed by atoms with E-state index in [2.05, 4.69) is 15.3 Å². The van der Waals surface area contributed by atoms with E-state index in [9.17, 15) is 4.79 Å². The highest BCUT2D eigenvalue weighted by Crippen LogP contribution is 2.21. The van der Waals surface area contributed by atoms with Crippen LogP contribution in [0.4, 0.5) is 0 Å². The summed E-state index contributed by atoms with van der Waals surface area (Å²) >= 11 is 0. The Morgan fingerprint density at radius 2 is 2.41 bits per heavy atom. The standard InChI is InChI=1S/C15H19N5O2/c1-22-11-13-9-20(18-17-13)14-4-6-19(10-14)15(21)7-12-3-2-5-16-8-12/h2-3,5,8-9,14H,4,6-7,10-11H2,1H3/t14-/m0/s1. The van der Waals surface area contributed by atoms with Gasteiger partial charge in [0.15, 0.2) is 0 Å². The second-order valence-corrected chi connectivity index (χ2v) is 5.44. The number of ether oxygens (including phenoxy) is 1. The Labute approximate surface area is 128 Å². The van der Waals surface area contributed by atoms with Gasteiger partial charge in [-0.1, -0.05) is 11.3 Å². The number of hydrogen-bond acceptors (Lipinski definition) is 5. The van der Waals surface area contributed by atoms with E-state index in [-0.39, 0.29) is 11.9 Å². The van der Waals surface area contributed by atoms with Crippen LogP contribution in [0.2, 0.25) is 0 Å². The lowest BCUT2D eigenvalue weighted by Gasteiger charge is -2.16. The topological polar surface area (TPSA) is 73.1 Å². The van der Waals surface area contributed by atoms with Gasteiger partial charge < -0.3 is 9.64 Å². The van der Waals surface area contributed by atoms with Crippen molar-refractivity contribution in [2.75, 3.05) is 20.2 Å². The van der Waals surface area contributed by atoms with Crippen LogP contribution in [0.15, 0.2) is 30.7 Å². The molecule has 0 saturated carbocycles. The molecule has 0 aliphatic carbocycles. The largest absolute Gasteiger partial charge is 0.378 e. The maximum absolute atomic E-state index is 12.3. The first kappa shape index (κ1) is 14.6. The summed E-state index contributed by atoms with van der Waals surface area (Å²) in [6.45, 7) is 1.88. The highest BCUT2D eigenvalue weighted by atomic mass is 16.5. The zero-order valence-corrected chi connectivity index (χ0v) is 12.6. The average Bonchev–Trinajstić information content (AvgIpc) is 3.17. The molecule has 116 valence electrons. The average molecular weight is 301 g/mol. The minimum absolute atomic E-state index is 0.132. The predicted octanol–water partition coefficient (Wildman–Crippen LogP) is 0.836. The second kappa shape index (κ2) is 6.65. The summed E-state index contributed by atoms with van der Waals surface area (Å²) in [6, 6.07) is 3.96. The van der Waals surface area contributed by atoms with Crippen molar-refractivity contribution in [1.82, 2.24) is 24.9 Å². The number of pyridine rings is 1. The zero-order chi connectivity index (χ0) is 15.4. The molecule has 2 aromatic heterocycles. The van der Waals surface area contributed by atoms with E-state index in [1.807, 2.05) is 27.9 Å². The van der Waals surface area contributed by atoms with Crippen LogP contribution >= 0.6 is 0 Å². The van der Waals surface area contributed by atoms with E-state index in [0.29, 0.717) is 19.6 Å². The number of carbonyl (C=O) groups is 1. The van der Waals surface area contributed by atoms with Crippen LogP contribution in [-0.4, -0.2) is 51.0 Å². The number of amides is 1. The van der Waals surface area contributed by atoms with Crippen LogP contribution in [0.25, 0.3) is 0 Å². The fourth-order valence-corrected chi connectivity index (χ4v) is 2.68. The van der Waals surface area contributed by atoms with Gasteiger partial charge in [-0.15, -0.1) is 5.10 Å².